The average molecular weight is 329 g/mol. The number of rotatable bonds is 6. The summed E-state index contributed by atoms with van der Waals surface area (Å²) in [6.07, 6.45) is 0. The zero-order valence-electron chi connectivity index (χ0n) is 11.5. The van der Waals surface area contributed by atoms with Crippen molar-refractivity contribution in [2.45, 2.75) is 19.4 Å². The van der Waals surface area contributed by atoms with Crippen LogP contribution in [-0.2, 0) is 12.5 Å². The average Bonchev–Trinajstić information content (AvgIpc) is 2.49. The second kappa shape index (κ2) is 7.53. The third-order valence-corrected chi connectivity index (χ3v) is 3.46. The van der Waals surface area contributed by atoms with Gasteiger partial charge in [-0.15, -0.1) is 11.6 Å². The summed E-state index contributed by atoms with van der Waals surface area (Å²) in [6.45, 7) is 2.65. The lowest BCUT2D eigenvalue weighted by molar-refractivity contribution is 0.269. The van der Waals surface area contributed by atoms with E-state index in [4.69, 9.17) is 32.7 Å². The Morgan fingerprint density at radius 2 is 1.76 bits per heavy atom. The summed E-state index contributed by atoms with van der Waals surface area (Å²) in [6, 6.07) is 10.1. The molecule has 5 heteroatoms. The maximum atomic E-state index is 13.4. The molecule has 21 heavy (non-hydrogen) atoms. The fourth-order valence-electron chi connectivity index (χ4n) is 1.81. The number of hydrogen-bond donors (Lipinski definition) is 0. The summed E-state index contributed by atoms with van der Waals surface area (Å²) in [7, 11) is 0. The lowest BCUT2D eigenvalue weighted by atomic mass is 10.2. The van der Waals surface area contributed by atoms with Gasteiger partial charge in [-0.2, -0.15) is 0 Å². The zero-order valence-corrected chi connectivity index (χ0v) is 13.0. The highest BCUT2D eigenvalue weighted by molar-refractivity contribution is 6.30. The third kappa shape index (κ3) is 4.26. The van der Waals surface area contributed by atoms with Crippen molar-refractivity contribution in [2.24, 2.45) is 0 Å². The normalized spacial score (nSPS) is 10.5. The monoisotopic (exact) mass is 328 g/mol. The van der Waals surface area contributed by atoms with Crippen molar-refractivity contribution in [1.29, 1.82) is 0 Å². The van der Waals surface area contributed by atoms with Crippen molar-refractivity contribution in [2.75, 3.05) is 6.61 Å². The number of hydrogen-bond acceptors (Lipinski definition) is 2. The van der Waals surface area contributed by atoms with Crippen molar-refractivity contribution >= 4 is 23.2 Å². The van der Waals surface area contributed by atoms with Crippen molar-refractivity contribution < 1.29 is 13.9 Å². The molecule has 2 rings (SSSR count). The predicted octanol–water partition coefficient (Wildman–Crippen LogP) is 5.20. The standard InChI is InChI=1S/C16H15Cl2FO2/c1-2-20-16-8-11(9-17)4-6-15(16)21-10-12-3-5-13(18)14(19)7-12/h3-8H,2,9-10H2,1H3. The van der Waals surface area contributed by atoms with Gasteiger partial charge in [0.15, 0.2) is 11.5 Å². The van der Waals surface area contributed by atoms with Crippen LogP contribution in [0.25, 0.3) is 0 Å². The van der Waals surface area contributed by atoms with E-state index in [0.717, 1.165) is 5.56 Å². The largest absolute Gasteiger partial charge is 0.490 e. The summed E-state index contributed by atoms with van der Waals surface area (Å²) in [5, 5.41) is 0.0974. The van der Waals surface area contributed by atoms with Crippen LogP contribution in [0.2, 0.25) is 5.02 Å². The molecule has 0 fully saturated rings. The van der Waals surface area contributed by atoms with Crippen LogP contribution in [0.1, 0.15) is 18.1 Å². The summed E-state index contributed by atoms with van der Waals surface area (Å²) in [5.74, 6) is 1.18. The van der Waals surface area contributed by atoms with Gasteiger partial charge in [0.2, 0.25) is 0 Å². The first-order valence-electron chi connectivity index (χ1n) is 6.52. The zero-order chi connectivity index (χ0) is 15.2. The van der Waals surface area contributed by atoms with Gasteiger partial charge in [-0.1, -0.05) is 23.7 Å². The molecule has 0 N–H and O–H groups in total. The topological polar surface area (TPSA) is 18.5 Å². The van der Waals surface area contributed by atoms with Crippen molar-refractivity contribution in [3.8, 4) is 11.5 Å². The van der Waals surface area contributed by atoms with E-state index in [1.54, 1.807) is 12.1 Å². The second-order valence-electron chi connectivity index (χ2n) is 4.38. The first-order valence-corrected chi connectivity index (χ1v) is 7.43. The quantitative estimate of drug-likeness (QED) is 0.679. The molecule has 0 aliphatic rings. The number of ether oxygens (including phenoxy) is 2. The highest BCUT2D eigenvalue weighted by Gasteiger charge is 2.08. The molecule has 0 bridgehead atoms. The molecule has 0 spiro atoms. The van der Waals surface area contributed by atoms with Crippen LogP contribution in [0.4, 0.5) is 4.39 Å². The van der Waals surface area contributed by atoms with Crippen LogP contribution in [0.3, 0.4) is 0 Å². The molecule has 0 unspecified atom stereocenters. The molecule has 0 amide bonds. The van der Waals surface area contributed by atoms with E-state index in [9.17, 15) is 4.39 Å². The summed E-state index contributed by atoms with van der Waals surface area (Å²) in [5.41, 5.74) is 1.64. The summed E-state index contributed by atoms with van der Waals surface area (Å²) in [4.78, 5) is 0. The molecule has 2 nitrogen and oxygen atoms in total. The van der Waals surface area contributed by atoms with Gasteiger partial charge in [-0.25, -0.2) is 4.39 Å². The van der Waals surface area contributed by atoms with E-state index >= 15 is 0 Å². The Hall–Kier alpha value is -1.45. The molecule has 0 radical (unpaired) electrons. The minimum absolute atomic E-state index is 0.0974. The fourth-order valence-corrected chi connectivity index (χ4v) is 2.10. The molecular formula is C16H15Cl2FO2. The highest BCUT2D eigenvalue weighted by Crippen LogP contribution is 2.30. The van der Waals surface area contributed by atoms with Gasteiger partial charge in [-0.05, 0) is 42.3 Å². The lowest BCUT2D eigenvalue weighted by Gasteiger charge is -2.13. The lowest BCUT2D eigenvalue weighted by Crippen LogP contribution is -2.00. The molecule has 2 aromatic rings. The van der Waals surface area contributed by atoms with E-state index in [2.05, 4.69) is 0 Å². The van der Waals surface area contributed by atoms with Gasteiger partial charge in [0.1, 0.15) is 12.4 Å². The van der Waals surface area contributed by atoms with E-state index in [1.165, 1.54) is 12.1 Å². The molecule has 112 valence electrons. The number of benzene rings is 2. The number of alkyl halides is 1. The Labute approximate surface area is 133 Å². The highest BCUT2D eigenvalue weighted by atomic mass is 35.5. The van der Waals surface area contributed by atoms with Crippen LogP contribution in [0.15, 0.2) is 36.4 Å². The van der Waals surface area contributed by atoms with E-state index in [1.807, 2.05) is 19.1 Å². The Morgan fingerprint density at radius 1 is 1.00 bits per heavy atom. The maximum absolute atomic E-state index is 13.4. The van der Waals surface area contributed by atoms with Crippen LogP contribution in [-0.4, -0.2) is 6.61 Å². The van der Waals surface area contributed by atoms with Gasteiger partial charge in [0.05, 0.1) is 11.6 Å². The Morgan fingerprint density at radius 3 is 2.43 bits per heavy atom. The second-order valence-corrected chi connectivity index (χ2v) is 5.06. The number of halogens is 3. The maximum Gasteiger partial charge on any atom is 0.161 e. The smallest absolute Gasteiger partial charge is 0.161 e. The van der Waals surface area contributed by atoms with Gasteiger partial charge < -0.3 is 9.47 Å². The molecular weight excluding hydrogens is 314 g/mol. The van der Waals surface area contributed by atoms with Crippen LogP contribution in [0.5, 0.6) is 11.5 Å². The molecule has 0 aliphatic heterocycles. The molecule has 2 aromatic carbocycles. The molecule has 0 heterocycles. The third-order valence-electron chi connectivity index (χ3n) is 2.84. The Bertz CT molecular complexity index is 617. The Kier molecular flexibility index (Phi) is 5.71. The van der Waals surface area contributed by atoms with Gasteiger partial charge >= 0.3 is 0 Å². The van der Waals surface area contributed by atoms with E-state index < -0.39 is 5.82 Å². The van der Waals surface area contributed by atoms with Crippen LogP contribution in [0, 0.1) is 5.82 Å². The van der Waals surface area contributed by atoms with Crippen LogP contribution < -0.4 is 9.47 Å². The molecule has 0 aromatic heterocycles. The minimum Gasteiger partial charge on any atom is -0.490 e. The molecule has 0 atom stereocenters. The van der Waals surface area contributed by atoms with Gasteiger partial charge in [0, 0.05) is 5.88 Å². The van der Waals surface area contributed by atoms with Gasteiger partial charge in [0.25, 0.3) is 0 Å². The molecule has 0 saturated heterocycles. The predicted molar refractivity (Wildman–Crippen MR) is 82.9 cm³/mol. The summed E-state index contributed by atoms with van der Waals surface area (Å²) < 4.78 is 24.6. The Balaban J connectivity index is 2.13. The molecule has 0 saturated carbocycles. The van der Waals surface area contributed by atoms with Crippen LogP contribution >= 0.6 is 23.2 Å². The SMILES string of the molecule is CCOc1cc(CCl)ccc1OCc1ccc(Cl)c(F)c1. The van der Waals surface area contributed by atoms with E-state index in [0.29, 0.717) is 29.5 Å². The first kappa shape index (κ1) is 15.9. The molecule has 0 aliphatic carbocycles. The van der Waals surface area contributed by atoms with Gasteiger partial charge in [-0.3, -0.25) is 0 Å². The van der Waals surface area contributed by atoms with Crippen molar-refractivity contribution in [3.05, 3.63) is 58.4 Å². The first-order chi connectivity index (χ1) is 10.1. The van der Waals surface area contributed by atoms with Crippen molar-refractivity contribution in [3.63, 3.8) is 0 Å². The fraction of sp³-hybridized carbons (Fsp3) is 0.250. The van der Waals surface area contributed by atoms with Crippen molar-refractivity contribution in [1.82, 2.24) is 0 Å². The minimum atomic E-state index is -0.458. The summed E-state index contributed by atoms with van der Waals surface area (Å²) >= 11 is 11.5. The van der Waals surface area contributed by atoms with E-state index in [-0.39, 0.29) is 11.6 Å².